The Morgan fingerprint density at radius 1 is 0.933 bits per heavy atom. The highest BCUT2D eigenvalue weighted by Crippen LogP contribution is 2.24. The molecule has 1 heterocycles. The van der Waals surface area contributed by atoms with Crippen molar-refractivity contribution in [2.24, 2.45) is 0 Å². The molecular formula is C25H21N3OS. The fourth-order valence-corrected chi connectivity index (χ4v) is 3.80. The van der Waals surface area contributed by atoms with Crippen LogP contribution in [0.5, 0.6) is 0 Å². The molecule has 0 saturated heterocycles. The summed E-state index contributed by atoms with van der Waals surface area (Å²) in [5, 5.41) is 4.94. The normalized spacial score (nSPS) is 11.1. The number of fused-ring (bicyclic) bond motifs is 1. The highest BCUT2D eigenvalue weighted by Gasteiger charge is 2.02. The first-order valence-electron chi connectivity index (χ1n) is 9.58. The Kier molecular flexibility index (Phi) is 6.11. The Balaban J connectivity index is 1.33. The van der Waals surface area contributed by atoms with E-state index in [1.165, 1.54) is 11.6 Å². The van der Waals surface area contributed by atoms with Crippen LogP contribution < -0.4 is 11.1 Å². The molecule has 1 aromatic heterocycles. The predicted molar refractivity (Wildman–Crippen MR) is 126 cm³/mol. The summed E-state index contributed by atoms with van der Waals surface area (Å²) in [5.74, 6) is 0.623. The molecule has 0 atom stereocenters. The number of benzene rings is 3. The summed E-state index contributed by atoms with van der Waals surface area (Å²) in [6.45, 7) is 0. The number of carbonyl (C=O) groups excluding carboxylic acids is 1. The lowest BCUT2D eigenvalue weighted by molar-refractivity contribution is -0.111. The number of thioether (sulfide) groups is 1. The number of pyridine rings is 1. The van der Waals surface area contributed by atoms with Crippen LogP contribution in [0.15, 0.2) is 96.0 Å². The zero-order valence-corrected chi connectivity index (χ0v) is 17.1. The number of hydrogen-bond acceptors (Lipinski definition) is 4. The van der Waals surface area contributed by atoms with Gasteiger partial charge in [0.25, 0.3) is 0 Å². The molecule has 1 amide bonds. The number of nitrogen functional groups attached to an aromatic ring is 1. The maximum Gasteiger partial charge on any atom is 0.248 e. The molecule has 0 unspecified atom stereocenters. The number of amides is 1. The lowest BCUT2D eigenvalue weighted by Gasteiger charge is -2.05. The molecule has 0 fully saturated rings. The molecule has 0 spiro atoms. The summed E-state index contributed by atoms with van der Waals surface area (Å²) in [6.07, 6.45) is 3.30. The number of nitrogens with zero attached hydrogens (tertiary/aromatic N) is 1. The summed E-state index contributed by atoms with van der Waals surface area (Å²) in [7, 11) is 0. The molecule has 4 aromatic rings. The van der Waals surface area contributed by atoms with Crippen molar-refractivity contribution in [1.29, 1.82) is 0 Å². The first-order chi connectivity index (χ1) is 14.7. The third kappa shape index (κ3) is 5.07. The van der Waals surface area contributed by atoms with Crippen LogP contribution in [0.4, 0.5) is 11.4 Å². The van der Waals surface area contributed by atoms with Gasteiger partial charge in [0.1, 0.15) is 0 Å². The number of anilines is 2. The van der Waals surface area contributed by atoms with Gasteiger partial charge in [-0.25, -0.2) is 4.98 Å². The molecule has 4 nitrogen and oxygen atoms in total. The van der Waals surface area contributed by atoms with Crippen molar-refractivity contribution in [1.82, 2.24) is 4.98 Å². The van der Waals surface area contributed by atoms with E-state index in [4.69, 9.17) is 10.7 Å². The van der Waals surface area contributed by atoms with Crippen LogP contribution in [0.2, 0.25) is 0 Å². The number of aromatic nitrogens is 1. The number of nitrogens with one attached hydrogen (secondary N) is 1. The third-order valence-corrected chi connectivity index (χ3v) is 5.59. The van der Waals surface area contributed by atoms with E-state index in [0.717, 1.165) is 27.2 Å². The Hall–Kier alpha value is -3.57. The quantitative estimate of drug-likeness (QED) is 0.240. The number of nitrogens with two attached hydrogens (primary N) is 1. The molecule has 0 saturated carbocycles. The standard InChI is InChI=1S/C25H21N3OS/c26-21-6-2-4-8-23(21)27-24(29)15-13-18-9-11-19(12-10-18)17-30-25-16-14-20-5-1-3-7-22(20)28-25/h1-16H,17,26H2,(H,27,29). The zero-order valence-electron chi connectivity index (χ0n) is 16.3. The molecule has 0 aliphatic carbocycles. The van der Waals surface area contributed by atoms with Gasteiger partial charge in [-0.2, -0.15) is 0 Å². The van der Waals surface area contributed by atoms with Gasteiger partial charge < -0.3 is 11.1 Å². The smallest absolute Gasteiger partial charge is 0.248 e. The van der Waals surface area contributed by atoms with Crippen molar-refractivity contribution in [3.8, 4) is 0 Å². The maximum absolute atomic E-state index is 12.1. The molecule has 3 N–H and O–H groups in total. The van der Waals surface area contributed by atoms with Gasteiger partial charge in [0.15, 0.2) is 0 Å². The second kappa shape index (κ2) is 9.29. The van der Waals surface area contributed by atoms with Gasteiger partial charge in [0, 0.05) is 17.2 Å². The molecule has 148 valence electrons. The van der Waals surface area contributed by atoms with E-state index in [-0.39, 0.29) is 5.91 Å². The largest absolute Gasteiger partial charge is 0.397 e. The lowest BCUT2D eigenvalue weighted by Crippen LogP contribution is -2.09. The van der Waals surface area contributed by atoms with Gasteiger partial charge in [-0.05, 0) is 41.5 Å². The third-order valence-electron chi connectivity index (χ3n) is 4.59. The fraction of sp³-hybridized carbons (Fsp3) is 0.0400. The van der Waals surface area contributed by atoms with Gasteiger partial charge in [0.2, 0.25) is 5.91 Å². The van der Waals surface area contributed by atoms with Crippen molar-refractivity contribution < 1.29 is 4.79 Å². The molecule has 30 heavy (non-hydrogen) atoms. The highest BCUT2D eigenvalue weighted by atomic mass is 32.2. The van der Waals surface area contributed by atoms with Crippen LogP contribution in [-0.4, -0.2) is 10.9 Å². The van der Waals surface area contributed by atoms with E-state index in [9.17, 15) is 4.79 Å². The van der Waals surface area contributed by atoms with E-state index in [1.807, 2.05) is 42.5 Å². The van der Waals surface area contributed by atoms with Gasteiger partial charge >= 0.3 is 0 Å². The Bertz CT molecular complexity index is 1200. The van der Waals surface area contributed by atoms with Crippen molar-refractivity contribution >= 4 is 46.0 Å². The lowest BCUT2D eigenvalue weighted by atomic mass is 10.1. The summed E-state index contributed by atoms with van der Waals surface area (Å²) < 4.78 is 0. The van der Waals surface area contributed by atoms with Crippen molar-refractivity contribution in [3.05, 3.63) is 102 Å². The van der Waals surface area contributed by atoms with E-state index < -0.39 is 0 Å². The summed E-state index contributed by atoms with van der Waals surface area (Å²) in [5.41, 5.74) is 10.2. The van der Waals surface area contributed by atoms with Crippen molar-refractivity contribution in [3.63, 3.8) is 0 Å². The van der Waals surface area contributed by atoms with Gasteiger partial charge in [-0.15, -0.1) is 11.8 Å². The van der Waals surface area contributed by atoms with Crippen LogP contribution in [0.25, 0.3) is 17.0 Å². The van der Waals surface area contributed by atoms with Crippen LogP contribution >= 0.6 is 11.8 Å². The number of carbonyl (C=O) groups is 1. The molecule has 0 bridgehead atoms. The first kappa shape index (κ1) is 19.7. The maximum atomic E-state index is 12.1. The zero-order chi connectivity index (χ0) is 20.8. The second-order valence-corrected chi connectivity index (χ2v) is 7.78. The van der Waals surface area contributed by atoms with Crippen LogP contribution in [0.1, 0.15) is 11.1 Å². The Labute approximate surface area is 179 Å². The highest BCUT2D eigenvalue weighted by molar-refractivity contribution is 7.98. The predicted octanol–water partition coefficient (Wildman–Crippen LogP) is 5.76. The second-order valence-electron chi connectivity index (χ2n) is 6.78. The topological polar surface area (TPSA) is 68.0 Å². The van der Waals surface area contributed by atoms with E-state index in [2.05, 4.69) is 35.6 Å². The Morgan fingerprint density at radius 3 is 2.53 bits per heavy atom. The number of hydrogen-bond donors (Lipinski definition) is 2. The van der Waals surface area contributed by atoms with Crippen LogP contribution in [-0.2, 0) is 10.5 Å². The number of para-hydroxylation sites is 3. The summed E-state index contributed by atoms with van der Waals surface area (Å²) in [4.78, 5) is 16.8. The molecule has 4 rings (SSSR count). The monoisotopic (exact) mass is 411 g/mol. The molecule has 3 aromatic carbocycles. The fourth-order valence-electron chi connectivity index (χ4n) is 2.97. The molecule has 0 aliphatic heterocycles. The molecule has 5 heteroatoms. The molecular weight excluding hydrogens is 390 g/mol. The van der Waals surface area contributed by atoms with E-state index in [1.54, 1.807) is 30.0 Å². The van der Waals surface area contributed by atoms with Gasteiger partial charge in [0.05, 0.1) is 21.9 Å². The Morgan fingerprint density at radius 2 is 1.70 bits per heavy atom. The number of rotatable bonds is 6. The minimum atomic E-state index is -0.213. The van der Waals surface area contributed by atoms with Crippen LogP contribution in [0, 0.1) is 0 Å². The van der Waals surface area contributed by atoms with Gasteiger partial charge in [-0.1, -0.05) is 60.7 Å². The average molecular weight is 412 g/mol. The first-order valence-corrected chi connectivity index (χ1v) is 10.6. The minimum Gasteiger partial charge on any atom is -0.397 e. The summed E-state index contributed by atoms with van der Waals surface area (Å²) in [6, 6.07) is 27.6. The SMILES string of the molecule is Nc1ccccc1NC(=O)C=Cc1ccc(CSc2ccc3ccccc3n2)cc1. The van der Waals surface area contributed by atoms with Crippen molar-refractivity contribution in [2.75, 3.05) is 11.1 Å². The minimum absolute atomic E-state index is 0.213. The molecule has 0 aliphatic rings. The van der Waals surface area contributed by atoms with E-state index >= 15 is 0 Å². The van der Waals surface area contributed by atoms with E-state index in [0.29, 0.717) is 11.4 Å². The summed E-state index contributed by atoms with van der Waals surface area (Å²) >= 11 is 1.71. The van der Waals surface area contributed by atoms with Crippen LogP contribution in [0.3, 0.4) is 0 Å². The molecule has 0 radical (unpaired) electrons. The average Bonchev–Trinajstić information content (AvgIpc) is 2.78. The van der Waals surface area contributed by atoms with Gasteiger partial charge in [-0.3, -0.25) is 4.79 Å². The van der Waals surface area contributed by atoms with Crippen molar-refractivity contribution in [2.45, 2.75) is 10.8 Å².